The SMILES string of the molecule is CCCCCN1CC(CN=[N+]=[N-])CC1=O. The normalized spacial score (nSPS) is 20.5. The van der Waals surface area contributed by atoms with Crippen LogP contribution in [0.4, 0.5) is 0 Å². The Morgan fingerprint density at radius 1 is 1.60 bits per heavy atom. The third-order valence-electron chi connectivity index (χ3n) is 2.73. The van der Waals surface area contributed by atoms with Crippen molar-refractivity contribution >= 4 is 5.91 Å². The lowest BCUT2D eigenvalue weighted by molar-refractivity contribution is -0.127. The average Bonchev–Trinajstić information content (AvgIpc) is 2.57. The summed E-state index contributed by atoms with van der Waals surface area (Å²) in [5, 5.41) is 3.52. The fourth-order valence-electron chi connectivity index (χ4n) is 1.90. The number of nitrogens with zero attached hydrogens (tertiary/aromatic N) is 4. The van der Waals surface area contributed by atoms with Crippen molar-refractivity contribution in [2.24, 2.45) is 11.0 Å². The van der Waals surface area contributed by atoms with Gasteiger partial charge in [-0.3, -0.25) is 4.79 Å². The van der Waals surface area contributed by atoms with Crippen LogP contribution in [-0.2, 0) is 4.79 Å². The highest BCUT2D eigenvalue weighted by Crippen LogP contribution is 2.18. The number of hydrogen-bond donors (Lipinski definition) is 0. The first-order chi connectivity index (χ1) is 7.27. The van der Waals surface area contributed by atoms with Gasteiger partial charge in [0.25, 0.3) is 0 Å². The van der Waals surface area contributed by atoms with Crippen LogP contribution in [0.3, 0.4) is 0 Å². The summed E-state index contributed by atoms with van der Waals surface area (Å²) in [6, 6.07) is 0. The monoisotopic (exact) mass is 210 g/mol. The smallest absolute Gasteiger partial charge is 0.222 e. The first-order valence-corrected chi connectivity index (χ1v) is 5.56. The van der Waals surface area contributed by atoms with Crippen molar-refractivity contribution < 1.29 is 4.79 Å². The lowest BCUT2D eigenvalue weighted by Crippen LogP contribution is -2.26. The second kappa shape index (κ2) is 6.30. The van der Waals surface area contributed by atoms with Gasteiger partial charge in [-0.2, -0.15) is 0 Å². The Balaban J connectivity index is 2.29. The standard InChI is InChI=1S/C10H18N4O/c1-2-3-4-5-14-8-9(6-10(14)15)7-12-13-11/h9H,2-8H2,1H3. The van der Waals surface area contributed by atoms with Gasteiger partial charge in [-0.1, -0.05) is 24.9 Å². The summed E-state index contributed by atoms with van der Waals surface area (Å²) in [7, 11) is 0. The number of likely N-dealkylation sites (tertiary alicyclic amines) is 1. The largest absolute Gasteiger partial charge is 0.342 e. The predicted molar refractivity (Wildman–Crippen MR) is 58.2 cm³/mol. The predicted octanol–water partition coefficient (Wildman–Crippen LogP) is 2.34. The average molecular weight is 210 g/mol. The second-order valence-corrected chi connectivity index (χ2v) is 4.03. The van der Waals surface area contributed by atoms with Crippen molar-refractivity contribution in [1.29, 1.82) is 0 Å². The summed E-state index contributed by atoms with van der Waals surface area (Å²) >= 11 is 0. The van der Waals surface area contributed by atoms with Crippen molar-refractivity contribution in [3.63, 3.8) is 0 Å². The number of unbranched alkanes of at least 4 members (excludes halogenated alkanes) is 2. The molecule has 1 aliphatic rings. The quantitative estimate of drug-likeness (QED) is 0.287. The van der Waals surface area contributed by atoms with Crippen molar-refractivity contribution in [3.05, 3.63) is 10.4 Å². The molecular weight excluding hydrogens is 192 g/mol. The minimum absolute atomic E-state index is 0.212. The van der Waals surface area contributed by atoms with E-state index in [2.05, 4.69) is 16.9 Å². The van der Waals surface area contributed by atoms with Gasteiger partial charge in [0.1, 0.15) is 0 Å². The lowest BCUT2D eigenvalue weighted by Gasteiger charge is -2.15. The van der Waals surface area contributed by atoms with Gasteiger partial charge in [0, 0.05) is 31.0 Å². The highest BCUT2D eigenvalue weighted by atomic mass is 16.2. The van der Waals surface area contributed by atoms with E-state index in [4.69, 9.17) is 5.53 Å². The van der Waals surface area contributed by atoms with Gasteiger partial charge < -0.3 is 4.90 Å². The number of azide groups is 1. The van der Waals surface area contributed by atoms with Gasteiger partial charge >= 0.3 is 0 Å². The number of rotatable bonds is 6. The molecule has 15 heavy (non-hydrogen) atoms. The van der Waals surface area contributed by atoms with E-state index >= 15 is 0 Å². The van der Waals surface area contributed by atoms with Gasteiger partial charge in [-0.05, 0) is 17.9 Å². The van der Waals surface area contributed by atoms with Crippen molar-refractivity contribution in [2.45, 2.75) is 32.6 Å². The Kier molecular flexibility index (Phi) is 4.98. The minimum Gasteiger partial charge on any atom is -0.342 e. The Morgan fingerprint density at radius 3 is 3.07 bits per heavy atom. The fourth-order valence-corrected chi connectivity index (χ4v) is 1.90. The minimum atomic E-state index is 0.212. The molecule has 1 rings (SSSR count). The molecule has 0 aromatic heterocycles. The molecule has 0 aromatic carbocycles. The van der Waals surface area contributed by atoms with Crippen molar-refractivity contribution in [3.8, 4) is 0 Å². The summed E-state index contributed by atoms with van der Waals surface area (Å²) < 4.78 is 0. The van der Waals surface area contributed by atoms with Gasteiger partial charge in [0.2, 0.25) is 5.91 Å². The number of amides is 1. The molecule has 1 amide bonds. The molecule has 1 unspecified atom stereocenters. The molecule has 5 heteroatoms. The molecule has 1 aliphatic heterocycles. The zero-order chi connectivity index (χ0) is 11.1. The zero-order valence-corrected chi connectivity index (χ0v) is 9.22. The molecule has 0 radical (unpaired) electrons. The van der Waals surface area contributed by atoms with Crippen molar-refractivity contribution in [2.75, 3.05) is 19.6 Å². The molecule has 0 aromatic rings. The van der Waals surface area contributed by atoms with E-state index in [0.29, 0.717) is 13.0 Å². The van der Waals surface area contributed by atoms with Gasteiger partial charge in [-0.25, -0.2) is 0 Å². The maximum atomic E-state index is 11.5. The van der Waals surface area contributed by atoms with Crippen molar-refractivity contribution in [1.82, 2.24) is 4.90 Å². The third-order valence-corrected chi connectivity index (χ3v) is 2.73. The molecule has 1 fully saturated rings. The first-order valence-electron chi connectivity index (χ1n) is 5.56. The summed E-state index contributed by atoms with van der Waals surface area (Å²) in [4.78, 5) is 16.1. The second-order valence-electron chi connectivity index (χ2n) is 4.03. The van der Waals surface area contributed by atoms with E-state index < -0.39 is 0 Å². The Hall–Kier alpha value is -1.22. The Bertz CT molecular complexity index is 260. The van der Waals surface area contributed by atoms with Crippen LogP contribution in [0.1, 0.15) is 32.6 Å². The molecule has 5 nitrogen and oxygen atoms in total. The maximum Gasteiger partial charge on any atom is 0.222 e. The molecule has 1 saturated heterocycles. The summed E-state index contributed by atoms with van der Waals surface area (Å²) in [5.41, 5.74) is 8.19. The van der Waals surface area contributed by atoms with Crippen LogP contribution < -0.4 is 0 Å². The molecule has 1 atom stereocenters. The van der Waals surface area contributed by atoms with E-state index in [0.717, 1.165) is 19.5 Å². The van der Waals surface area contributed by atoms with Gasteiger partial charge in [0.15, 0.2) is 0 Å². The van der Waals surface area contributed by atoms with Crippen LogP contribution in [0.5, 0.6) is 0 Å². The molecule has 0 spiro atoms. The van der Waals surface area contributed by atoms with Crippen LogP contribution in [0, 0.1) is 5.92 Å². The lowest BCUT2D eigenvalue weighted by atomic mass is 10.1. The van der Waals surface area contributed by atoms with Gasteiger partial charge in [-0.15, -0.1) is 0 Å². The van der Waals surface area contributed by atoms with E-state index in [1.54, 1.807) is 0 Å². The van der Waals surface area contributed by atoms with E-state index in [9.17, 15) is 4.79 Å². The first kappa shape index (κ1) is 11.9. The van der Waals surface area contributed by atoms with Gasteiger partial charge in [0.05, 0.1) is 0 Å². The summed E-state index contributed by atoms with van der Waals surface area (Å²) in [5.74, 6) is 0.444. The van der Waals surface area contributed by atoms with Crippen LogP contribution in [0.15, 0.2) is 5.11 Å². The molecule has 0 saturated carbocycles. The number of hydrogen-bond acceptors (Lipinski definition) is 2. The van der Waals surface area contributed by atoms with Crippen LogP contribution in [0.25, 0.3) is 10.4 Å². The summed E-state index contributed by atoms with van der Waals surface area (Å²) in [6.07, 6.45) is 3.97. The molecular formula is C10H18N4O. The molecule has 0 aliphatic carbocycles. The number of carbonyl (C=O) groups excluding carboxylic acids is 1. The van der Waals surface area contributed by atoms with Crippen LogP contribution in [-0.4, -0.2) is 30.4 Å². The molecule has 1 heterocycles. The number of carbonyl (C=O) groups is 1. The van der Waals surface area contributed by atoms with E-state index in [1.165, 1.54) is 12.8 Å². The zero-order valence-electron chi connectivity index (χ0n) is 9.22. The third kappa shape index (κ3) is 3.80. The topological polar surface area (TPSA) is 69.1 Å². The maximum absolute atomic E-state index is 11.5. The molecule has 0 N–H and O–H groups in total. The van der Waals surface area contributed by atoms with Crippen LogP contribution in [0.2, 0.25) is 0 Å². The van der Waals surface area contributed by atoms with E-state index in [1.807, 2.05) is 4.90 Å². The summed E-state index contributed by atoms with van der Waals surface area (Å²) in [6.45, 7) is 4.23. The Labute approximate surface area is 90.1 Å². The van der Waals surface area contributed by atoms with E-state index in [-0.39, 0.29) is 11.8 Å². The molecule has 0 bridgehead atoms. The highest BCUT2D eigenvalue weighted by Gasteiger charge is 2.28. The highest BCUT2D eigenvalue weighted by molar-refractivity contribution is 5.78. The molecule has 84 valence electrons. The van der Waals surface area contributed by atoms with Crippen LogP contribution >= 0.6 is 0 Å². The Morgan fingerprint density at radius 2 is 2.40 bits per heavy atom. The fraction of sp³-hybridized carbons (Fsp3) is 0.900.